The maximum atomic E-state index is 5.34. The van der Waals surface area contributed by atoms with Crippen LogP contribution in [-0.2, 0) is 5.41 Å². The Bertz CT molecular complexity index is 3060. The molecule has 1 N–H and O–H groups in total. The average Bonchev–Trinajstić information content (AvgIpc) is 3.59. The summed E-state index contributed by atoms with van der Waals surface area (Å²) in [6, 6.07) is 74.8. The first-order chi connectivity index (χ1) is 28.8. The smallest absolute Gasteiger partial charge is 0.169 e. The van der Waals surface area contributed by atoms with Crippen molar-refractivity contribution in [3.05, 3.63) is 245 Å². The van der Waals surface area contributed by atoms with E-state index in [9.17, 15) is 0 Å². The fourth-order valence-corrected chi connectivity index (χ4v) is 9.81. The number of amidine groups is 2. The normalized spacial score (nSPS) is 15.9. The van der Waals surface area contributed by atoms with Gasteiger partial charge >= 0.3 is 0 Å². The quantitative estimate of drug-likeness (QED) is 0.195. The summed E-state index contributed by atoms with van der Waals surface area (Å²) in [6.07, 6.45) is -0.389. The summed E-state index contributed by atoms with van der Waals surface area (Å²) in [4.78, 5) is 13.0. The molecular formula is C54H36N4. The molecule has 0 saturated heterocycles. The van der Waals surface area contributed by atoms with Crippen LogP contribution in [0.1, 0.15) is 45.1 Å². The van der Waals surface area contributed by atoms with E-state index in [0.717, 1.165) is 34.0 Å². The molecule has 0 amide bonds. The summed E-state index contributed by atoms with van der Waals surface area (Å²) >= 11 is 0. The summed E-state index contributed by atoms with van der Waals surface area (Å²) in [7, 11) is 0. The largest absolute Gasteiger partial charge is 0.324 e. The molecule has 272 valence electrons. The maximum Gasteiger partial charge on any atom is 0.169 e. The zero-order chi connectivity index (χ0) is 38.2. The van der Waals surface area contributed by atoms with Crippen molar-refractivity contribution in [2.75, 3.05) is 4.90 Å². The van der Waals surface area contributed by atoms with Crippen LogP contribution in [0.25, 0.3) is 32.7 Å². The van der Waals surface area contributed by atoms with Crippen LogP contribution in [0.15, 0.2) is 216 Å². The Morgan fingerprint density at radius 2 is 0.948 bits per heavy atom. The maximum absolute atomic E-state index is 5.34. The molecule has 9 aromatic rings. The van der Waals surface area contributed by atoms with E-state index < -0.39 is 5.41 Å². The molecule has 58 heavy (non-hydrogen) atoms. The third kappa shape index (κ3) is 4.69. The van der Waals surface area contributed by atoms with E-state index in [1.54, 1.807) is 0 Å². The minimum absolute atomic E-state index is 0.389. The monoisotopic (exact) mass is 740 g/mol. The number of anilines is 3. The Balaban J connectivity index is 1.17. The van der Waals surface area contributed by atoms with Gasteiger partial charge in [-0.3, -0.25) is 0 Å². The molecule has 0 aromatic heterocycles. The minimum Gasteiger partial charge on any atom is -0.324 e. The molecular weight excluding hydrogens is 705 g/mol. The number of hydrogen-bond acceptors (Lipinski definition) is 4. The zero-order valence-electron chi connectivity index (χ0n) is 31.5. The Kier molecular flexibility index (Phi) is 7.17. The van der Waals surface area contributed by atoms with Crippen molar-refractivity contribution in [2.45, 2.75) is 11.6 Å². The highest BCUT2D eigenvalue weighted by Crippen LogP contribution is 2.65. The lowest BCUT2D eigenvalue weighted by molar-refractivity contribution is 0.751. The fourth-order valence-electron chi connectivity index (χ4n) is 9.81. The molecule has 1 spiro atoms. The lowest BCUT2D eigenvalue weighted by Gasteiger charge is -2.46. The standard InChI is InChI=1S/C54H36N4/c1-4-18-37(19-5-1)51-55-52(38-20-6-2-7-21-38)57-53(56-51)39-28-31-44-43-26-14-15-27-45(43)54(48(44)34-39)46-32-29-35-16-10-12-24-41(35)49(46)58(40-22-8-3-9-23-40)50-42-25-13-11-17-36(42)30-33-47(50)54/h1-34,51H,(H,55,56,57). The van der Waals surface area contributed by atoms with E-state index in [4.69, 9.17) is 9.98 Å². The van der Waals surface area contributed by atoms with E-state index in [1.807, 2.05) is 12.1 Å². The van der Waals surface area contributed by atoms with E-state index in [1.165, 1.54) is 66.3 Å². The first-order valence-corrected chi connectivity index (χ1v) is 19.9. The summed E-state index contributed by atoms with van der Waals surface area (Å²) in [6.45, 7) is 0. The number of rotatable bonds is 4. The molecule has 4 heteroatoms. The van der Waals surface area contributed by atoms with Crippen LogP contribution in [0, 0.1) is 0 Å². The lowest BCUT2D eigenvalue weighted by atomic mass is 9.63. The topological polar surface area (TPSA) is 40.0 Å². The molecule has 9 aromatic carbocycles. The molecule has 0 saturated carbocycles. The molecule has 1 atom stereocenters. The van der Waals surface area contributed by atoms with Crippen molar-refractivity contribution in [3.8, 4) is 11.1 Å². The molecule has 0 bridgehead atoms. The number of para-hydroxylation sites is 1. The number of fused-ring (bicyclic) bond motifs is 13. The van der Waals surface area contributed by atoms with E-state index >= 15 is 0 Å². The molecule has 0 fully saturated rings. The van der Waals surface area contributed by atoms with Gasteiger partial charge in [0, 0.05) is 27.6 Å². The van der Waals surface area contributed by atoms with Crippen LogP contribution in [0.2, 0.25) is 0 Å². The number of aliphatic imine (C=N–C) groups is 2. The Morgan fingerprint density at radius 3 is 1.62 bits per heavy atom. The average molecular weight is 741 g/mol. The van der Waals surface area contributed by atoms with Crippen molar-refractivity contribution in [3.63, 3.8) is 0 Å². The van der Waals surface area contributed by atoms with Crippen molar-refractivity contribution < 1.29 is 0 Å². The van der Waals surface area contributed by atoms with Gasteiger partial charge in [-0.2, -0.15) is 0 Å². The van der Waals surface area contributed by atoms with Gasteiger partial charge in [0.1, 0.15) is 11.7 Å². The lowest BCUT2D eigenvalue weighted by Crippen LogP contribution is -2.38. The minimum atomic E-state index is -0.643. The Hall–Kier alpha value is -7.56. The van der Waals surface area contributed by atoms with Gasteiger partial charge < -0.3 is 10.2 Å². The van der Waals surface area contributed by atoms with Crippen LogP contribution in [0.5, 0.6) is 0 Å². The molecule has 3 aliphatic rings. The molecule has 2 aliphatic heterocycles. The van der Waals surface area contributed by atoms with Gasteiger partial charge in [-0.1, -0.05) is 188 Å². The van der Waals surface area contributed by atoms with E-state index in [0.29, 0.717) is 0 Å². The van der Waals surface area contributed by atoms with Gasteiger partial charge in [0.25, 0.3) is 0 Å². The van der Waals surface area contributed by atoms with Crippen LogP contribution < -0.4 is 10.2 Å². The number of hydrogen-bond donors (Lipinski definition) is 1. The summed E-state index contributed by atoms with van der Waals surface area (Å²) in [5, 5.41) is 8.55. The predicted octanol–water partition coefficient (Wildman–Crippen LogP) is 12.6. The highest BCUT2D eigenvalue weighted by Gasteiger charge is 2.52. The van der Waals surface area contributed by atoms with E-state index in [2.05, 4.69) is 204 Å². The molecule has 4 nitrogen and oxygen atoms in total. The second-order valence-electron chi connectivity index (χ2n) is 15.3. The van der Waals surface area contributed by atoms with Crippen molar-refractivity contribution in [1.82, 2.24) is 5.32 Å². The van der Waals surface area contributed by atoms with Crippen molar-refractivity contribution in [2.24, 2.45) is 9.98 Å². The molecule has 1 aliphatic carbocycles. The van der Waals surface area contributed by atoms with Crippen LogP contribution in [-0.4, -0.2) is 11.7 Å². The number of nitrogens with zero attached hydrogens (tertiary/aromatic N) is 3. The summed E-state index contributed by atoms with van der Waals surface area (Å²) in [5.41, 5.74) is 13.5. The highest BCUT2D eigenvalue weighted by atomic mass is 15.2. The highest BCUT2D eigenvalue weighted by molar-refractivity contribution is 6.17. The number of nitrogens with one attached hydrogen (secondary N) is 1. The molecule has 0 radical (unpaired) electrons. The third-order valence-corrected chi connectivity index (χ3v) is 12.3. The first kappa shape index (κ1) is 32.7. The fraction of sp³-hybridized carbons (Fsp3) is 0.0370. The molecule has 12 rings (SSSR count). The van der Waals surface area contributed by atoms with Crippen molar-refractivity contribution in [1.29, 1.82) is 0 Å². The van der Waals surface area contributed by atoms with Gasteiger partial charge in [-0.25, -0.2) is 9.98 Å². The summed E-state index contributed by atoms with van der Waals surface area (Å²) < 4.78 is 0. The van der Waals surface area contributed by atoms with Crippen molar-refractivity contribution >= 4 is 50.3 Å². The Morgan fingerprint density at radius 1 is 0.414 bits per heavy atom. The summed E-state index contributed by atoms with van der Waals surface area (Å²) in [5.74, 6) is 1.61. The predicted molar refractivity (Wildman–Crippen MR) is 239 cm³/mol. The van der Waals surface area contributed by atoms with Gasteiger partial charge in [-0.05, 0) is 67.9 Å². The van der Waals surface area contributed by atoms with Crippen LogP contribution >= 0.6 is 0 Å². The van der Waals surface area contributed by atoms with Gasteiger partial charge in [-0.15, -0.1) is 0 Å². The van der Waals surface area contributed by atoms with E-state index in [-0.39, 0.29) is 6.17 Å². The SMILES string of the molecule is c1ccc(C2=NC(c3ccccc3)N=C(c3ccc4c(c3)C3(c5ccccc5-4)c4ccc5ccccc5c4N(c4ccccc4)c4c3ccc3ccccc43)N2)cc1. The second-order valence-corrected chi connectivity index (χ2v) is 15.3. The van der Waals surface area contributed by atoms with Crippen LogP contribution in [0.3, 0.4) is 0 Å². The molecule has 1 unspecified atom stereocenters. The molecule has 2 heterocycles. The van der Waals surface area contributed by atoms with Gasteiger partial charge in [0.2, 0.25) is 0 Å². The van der Waals surface area contributed by atoms with Crippen LogP contribution in [0.4, 0.5) is 17.1 Å². The Labute approximate surface area is 337 Å². The number of benzene rings is 9. The van der Waals surface area contributed by atoms with Gasteiger partial charge in [0.05, 0.1) is 16.8 Å². The first-order valence-electron chi connectivity index (χ1n) is 19.9. The third-order valence-electron chi connectivity index (χ3n) is 12.3. The zero-order valence-corrected chi connectivity index (χ0v) is 31.5. The second kappa shape index (κ2) is 12.7. The van der Waals surface area contributed by atoms with Gasteiger partial charge in [0.15, 0.2) is 6.17 Å².